The molecule has 0 unspecified atom stereocenters. The maximum Gasteiger partial charge on any atom is 0.250 e. The predicted octanol–water partition coefficient (Wildman–Crippen LogP) is 2.26. The molecule has 3 amide bonds. The lowest BCUT2D eigenvalue weighted by molar-refractivity contribution is -0.135. The maximum atomic E-state index is 13.6. The number of amides is 3. The number of nitrogens with zero attached hydrogens (tertiary/aromatic N) is 2. The van der Waals surface area contributed by atoms with Gasteiger partial charge >= 0.3 is 0 Å². The van der Waals surface area contributed by atoms with Crippen molar-refractivity contribution >= 4 is 29.1 Å². The lowest BCUT2D eigenvalue weighted by atomic mass is 9.75. The minimum absolute atomic E-state index is 0.154. The van der Waals surface area contributed by atoms with Gasteiger partial charge in [0, 0.05) is 17.3 Å². The topological polar surface area (TPSA) is 69.7 Å². The van der Waals surface area contributed by atoms with Gasteiger partial charge in [0.05, 0.1) is 17.5 Å². The first-order valence-corrected chi connectivity index (χ1v) is 9.86. The Morgan fingerprint density at radius 2 is 1.76 bits per heavy atom. The average molecular weight is 391 g/mol. The summed E-state index contributed by atoms with van der Waals surface area (Å²) in [6, 6.07) is 12.6. The molecule has 3 saturated heterocycles. The summed E-state index contributed by atoms with van der Waals surface area (Å²) in [5.41, 5.74) is 0.655. The molecule has 1 spiro atoms. The standard InChI is InChI=1S/C22H18FN3O3/c23-12-7-9-13(10-8-12)26-19(27)17-16-6-3-11-25(16)22(18(17)20(26)28)14-4-1-2-5-15(14)24-21(22)29/h1-2,4-5,7-10,16-18H,3,6,11H2,(H,24,29)/t16-,17-,18+,22+/m1/s1. The van der Waals surface area contributed by atoms with E-state index in [1.165, 1.54) is 24.3 Å². The largest absolute Gasteiger partial charge is 0.324 e. The predicted molar refractivity (Wildman–Crippen MR) is 102 cm³/mol. The summed E-state index contributed by atoms with van der Waals surface area (Å²) in [6.45, 7) is 0.677. The number of benzene rings is 2. The third-order valence-corrected chi connectivity index (χ3v) is 6.98. The molecule has 6 rings (SSSR count). The number of imide groups is 1. The zero-order chi connectivity index (χ0) is 19.9. The van der Waals surface area contributed by atoms with Crippen LogP contribution in [0.5, 0.6) is 0 Å². The van der Waals surface area contributed by atoms with E-state index in [1.807, 2.05) is 24.3 Å². The molecular formula is C22H18FN3O3. The van der Waals surface area contributed by atoms with Crippen molar-refractivity contribution in [2.45, 2.75) is 24.4 Å². The molecule has 0 saturated carbocycles. The summed E-state index contributed by atoms with van der Waals surface area (Å²) in [5, 5.41) is 2.94. The van der Waals surface area contributed by atoms with E-state index < -0.39 is 23.2 Å². The zero-order valence-corrected chi connectivity index (χ0v) is 15.5. The normalized spacial score (nSPS) is 32.7. The maximum absolute atomic E-state index is 13.6. The molecule has 7 heteroatoms. The fourth-order valence-electron chi connectivity index (χ4n) is 6.00. The van der Waals surface area contributed by atoms with Crippen molar-refractivity contribution in [1.82, 2.24) is 4.90 Å². The Balaban J connectivity index is 1.55. The molecule has 1 N–H and O–H groups in total. The summed E-state index contributed by atoms with van der Waals surface area (Å²) >= 11 is 0. The van der Waals surface area contributed by atoms with Crippen LogP contribution in [0, 0.1) is 17.7 Å². The van der Waals surface area contributed by atoms with Gasteiger partial charge in [0.2, 0.25) is 17.7 Å². The SMILES string of the molecule is O=C1[C@@H]2[C@H]3CCCN3[C@]3(C(=O)Nc4ccccc43)[C@@H]2C(=O)N1c1ccc(F)cc1. The van der Waals surface area contributed by atoms with Crippen LogP contribution >= 0.6 is 0 Å². The van der Waals surface area contributed by atoms with Gasteiger partial charge in [-0.2, -0.15) is 0 Å². The number of para-hydroxylation sites is 1. The summed E-state index contributed by atoms with van der Waals surface area (Å²) < 4.78 is 13.4. The van der Waals surface area contributed by atoms with Crippen LogP contribution < -0.4 is 10.2 Å². The summed E-state index contributed by atoms with van der Waals surface area (Å²) in [6.07, 6.45) is 1.65. The Morgan fingerprint density at radius 1 is 1.00 bits per heavy atom. The van der Waals surface area contributed by atoms with Crippen LogP contribution in [-0.2, 0) is 19.9 Å². The van der Waals surface area contributed by atoms with Crippen LogP contribution in [-0.4, -0.2) is 35.2 Å². The van der Waals surface area contributed by atoms with Crippen molar-refractivity contribution in [1.29, 1.82) is 0 Å². The third-order valence-electron chi connectivity index (χ3n) is 6.98. The van der Waals surface area contributed by atoms with E-state index >= 15 is 0 Å². The molecule has 4 aliphatic heterocycles. The first kappa shape index (κ1) is 16.9. The van der Waals surface area contributed by atoms with Crippen LogP contribution in [0.1, 0.15) is 18.4 Å². The monoisotopic (exact) mass is 391 g/mol. The zero-order valence-electron chi connectivity index (χ0n) is 15.5. The highest BCUT2D eigenvalue weighted by atomic mass is 19.1. The average Bonchev–Trinajstić information content (AvgIpc) is 3.41. The molecule has 146 valence electrons. The number of carbonyl (C=O) groups excluding carboxylic acids is 3. The quantitative estimate of drug-likeness (QED) is 0.757. The van der Waals surface area contributed by atoms with Crippen LogP contribution in [0.15, 0.2) is 48.5 Å². The van der Waals surface area contributed by atoms with E-state index in [2.05, 4.69) is 10.2 Å². The van der Waals surface area contributed by atoms with Gasteiger partial charge in [-0.1, -0.05) is 18.2 Å². The number of carbonyl (C=O) groups is 3. The molecule has 4 atom stereocenters. The first-order valence-electron chi connectivity index (χ1n) is 9.86. The van der Waals surface area contributed by atoms with Crippen molar-refractivity contribution in [3.63, 3.8) is 0 Å². The van der Waals surface area contributed by atoms with Gasteiger partial charge in [0.15, 0.2) is 0 Å². The molecule has 4 heterocycles. The molecule has 3 fully saturated rings. The number of halogens is 1. The molecule has 0 aliphatic carbocycles. The van der Waals surface area contributed by atoms with E-state index in [4.69, 9.17) is 0 Å². The number of anilines is 2. The molecule has 0 bridgehead atoms. The lowest BCUT2D eigenvalue weighted by Crippen LogP contribution is -2.54. The highest BCUT2D eigenvalue weighted by molar-refractivity contribution is 6.25. The van der Waals surface area contributed by atoms with Crippen molar-refractivity contribution in [2.24, 2.45) is 11.8 Å². The van der Waals surface area contributed by atoms with Gasteiger partial charge < -0.3 is 5.32 Å². The second-order valence-corrected chi connectivity index (χ2v) is 8.16. The Bertz CT molecular complexity index is 1080. The second-order valence-electron chi connectivity index (χ2n) is 8.16. The summed E-state index contributed by atoms with van der Waals surface area (Å²) in [5.74, 6) is -2.71. The fourth-order valence-corrected chi connectivity index (χ4v) is 6.00. The summed E-state index contributed by atoms with van der Waals surface area (Å²) in [7, 11) is 0. The van der Waals surface area contributed by atoms with Crippen molar-refractivity contribution in [3.05, 3.63) is 59.9 Å². The molecule has 29 heavy (non-hydrogen) atoms. The lowest BCUT2D eigenvalue weighted by Gasteiger charge is -2.36. The molecule has 2 aromatic carbocycles. The van der Waals surface area contributed by atoms with Crippen LogP contribution in [0.2, 0.25) is 0 Å². The van der Waals surface area contributed by atoms with Crippen LogP contribution in [0.3, 0.4) is 0 Å². The third kappa shape index (κ3) is 1.86. The van der Waals surface area contributed by atoms with Gasteiger partial charge in [-0.3, -0.25) is 19.3 Å². The van der Waals surface area contributed by atoms with Crippen LogP contribution in [0.4, 0.5) is 15.8 Å². The molecule has 0 aromatic heterocycles. The molecule has 0 radical (unpaired) electrons. The van der Waals surface area contributed by atoms with Crippen molar-refractivity contribution < 1.29 is 18.8 Å². The van der Waals surface area contributed by atoms with Gasteiger partial charge in [0.25, 0.3) is 0 Å². The van der Waals surface area contributed by atoms with E-state index in [9.17, 15) is 18.8 Å². The van der Waals surface area contributed by atoms with Gasteiger partial charge in [-0.15, -0.1) is 0 Å². The van der Waals surface area contributed by atoms with Crippen LogP contribution in [0.25, 0.3) is 0 Å². The molecule has 6 nitrogen and oxygen atoms in total. The van der Waals surface area contributed by atoms with Crippen molar-refractivity contribution in [3.8, 4) is 0 Å². The molecule has 2 aromatic rings. The fraction of sp³-hybridized carbons (Fsp3) is 0.318. The van der Waals surface area contributed by atoms with Crippen molar-refractivity contribution in [2.75, 3.05) is 16.8 Å². The highest BCUT2D eigenvalue weighted by Crippen LogP contribution is 2.60. The Morgan fingerprint density at radius 3 is 2.55 bits per heavy atom. The second kappa shape index (κ2) is 5.51. The summed E-state index contributed by atoms with van der Waals surface area (Å²) in [4.78, 5) is 43.7. The van der Waals surface area contributed by atoms with E-state index in [0.29, 0.717) is 17.9 Å². The first-order chi connectivity index (χ1) is 14.0. The highest BCUT2D eigenvalue weighted by Gasteiger charge is 2.74. The number of nitrogens with one attached hydrogen (secondary N) is 1. The van der Waals surface area contributed by atoms with E-state index in [1.54, 1.807) is 0 Å². The van der Waals surface area contributed by atoms with Gasteiger partial charge in [0.1, 0.15) is 11.4 Å². The minimum Gasteiger partial charge on any atom is -0.324 e. The van der Waals surface area contributed by atoms with E-state index in [0.717, 1.165) is 23.3 Å². The Labute approximate surface area is 166 Å². The number of fused-ring (bicyclic) bond motifs is 7. The Hall–Kier alpha value is -3.06. The molecule has 4 aliphatic rings. The number of hydrogen-bond donors (Lipinski definition) is 1. The Kier molecular flexibility index (Phi) is 3.20. The smallest absolute Gasteiger partial charge is 0.250 e. The number of rotatable bonds is 1. The van der Waals surface area contributed by atoms with E-state index in [-0.39, 0.29) is 23.8 Å². The molecular weight excluding hydrogens is 373 g/mol. The minimum atomic E-state index is -1.16. The van der Waals surface area contributed by atoms with Gasteiger partial charge in [-0.25, -0.2) is 9.29 Å². The van der Waals surface area contributed by atoms with Gasteiger partial charge in [-0.05, 0) is 49.7 Å². The number of hydrogen-bond acceptors (Lipinski definition) is 4.